The summed E-state index contributed by atoms with van der Waals surface area (Å²) in [4.78, 5) is 14.8. The zero-order valence-electron chi connectivity index (χ0n) is 19.9. The second-order valence-corrected chi connectivity index (χ2v) is 10.5. The SMILES string of the molecule is C=C.O=C(CCCN1CCC2(CC1)SC(c1ccccc1F)c1ccccc12)c1ccc(F)cc1. The first-order valence-corrected chi connectivity index (χ1v) is 13.0. The second-order valence-electron chi connectivity index (χ2n) is 8.98. The van der Waals surface area contributed by atoms with Crippen LogP contribution < -0.4 is 0 Å². The molecule has 2 aliphatic rings. The Bertz CT molecular complexity index is 1160. The van der Waals surface area contributed by atoms with Crippen LogP contribution in [0.15, 0.2) is 86.0 Å². The molecule has 0 radical (unpaired) electrons. The Hall–Kier alpha value is -2.76. The average Bonchev–Trinajstić information content (AvgIpc) is 3.21. The van der Waals surface area contributed by atoms with E-state index in [1.807, 2.05) is 23.9 Å². The number of rotatable bonds is 6. The maximum Gasteiger partial charge on any atom is 0.162 e. The lowest BCUT2D eigenvalue weighted by Crippen LogP contribution is -2.40. The van der Waals surface area contributed by atoms with Gasteiger partial charge in [0.1, 0.15) is 11.6 Å². The van der Waals surface area contributed by atoms with E-state index in [1.165, 1.54) is 23.3 Å². The molecule has 182 valence electrons. The summed E-state index contributed by atoms with van der Waals surface area (Å²) in [6.07, 6.45) is 3.31. The minimum Gasteiger partial charge on any atom is -0.303 e. The first-order chi connectivity index (χ1) is 17.1. The van der Waals surface area contributed by atoms with Crippen molar-refractivity contribution in [2.24, 2.45) is 0 Å². The van der Waals surface area contributed by atoms with E-state index >= 15 is 0 Å². The number of piperidine rings is 1. The van der Waals surface area contributed by atoms with E-state index in [2.05, 4.69) is 42.3 Å². The van der Waals surface area contributed by atoms with Gasteiger partial charge in [-0.15, -0.1) is 24.9 Å². The van der Waals surface area contributed by atoms with Crippen molar-refractivity contribution >= 4 is 17.5 Å². The highest BCUT2D eigenvalue weighted by atomic mass is 32.2. The number of ketones is 1. The lowest BCUT2D eigenvalue weighted by Gasteiger charge is -2.39. The monoisotopic (exact) mass is 491 g/mol. The third-order valence-corrected chi connectivity index (χ3v) is 8.80. The summed E-state index contributed by atoms with van der Waals surface area (Å²) in [6, 6.07) is 21.5. The zero-order chi connectivity index (χ0) is 24.8. The molecule has 3 aromatic carbocycles. The van der Waals surface area contributed by atoms with Gasteiger partial charge in [0, 0.05) is 22.3 Å². The summed E-state index contributed by atoms with van der Waals surface area (Å²) in [7, 11) is 0. The van der Waals surface area contributed by atoms with Gasteiger partial charge < -0.3 is 4.90 Å². The van der Waals surface area contributed by atoms with Crippen molar-refractivity contribution in [2.45, 2.75) is 35.7 Å². The number of likely N-dealkylation sites (tertiary alicyclic amines) is 1. The molecular formula is C30H31F2NOS. The molecule has 2 aliphatic heterocycles. The number of Topliss-reactive ketones (excluding diaryl/α,β-unsaturated/α-hetero) is 1. The van der Waals surface area contributed by atoms with Gasteiger partial charge in [0.05, 0.1) is 5.25 Å². The summed E-state index contributed by atoms with van der Waals surface area (Å²) in [5, 5.41) is 0.0299. The molecule has 0 saturated carbocycles. The predicted molar refractivity (Wildman–Crippen MR) is 141 cm³/mol. The highest BCUT2D eigenvalue weighted by Gasteiger charge is 2.46. The number of hydrogen-bond donors (Lipinski definition) is 0. The minimum atomic E-state index is -0.322. The van der Waals surface area contributed by atoms with Gasteiger partial charge >= 0.3 is 0 Å². The van der Waals surface area contributed by atoms with Crippen molar-refractivity contribution in [3.05, 3.63) is 120 Å². The van der Waals surface area contributed by atoms with Crippen LogP contribution in [-0.2, 0) is 4.75 Å². The zero-order valence-corrected chi connectivity index (χ0v) is 20.7. The first kappa shape index (κ1) is 25.3. The third-order valence-electron chi connectivity index (χ3n) is 6.97. The van der Waals surface area contributed by atoms with Crippen LogP contribution in [0.3, 0.4) is 0 Å². The van der Waals surface area contributed by atoms with Crippen molar-refractivity contribution in [1.29, 1.82) is 0 Å². The van der Waals surface area contributed by atoms with E-state index in [-0.39, 0.29) is 27.4 Å². The highest BCUT2D eigenvalue weighted by Crippen LogP contribution is 2.61. The number of carbonyl (C=O) groups is 1. The highest BCUT2D eigenvalue weighted by molar-refractivity contribution is 8.01. The molecule has 1 saturated heterocycles. The molecule has 1 atom stereocenters. The molecule has 2 heterocycles. The Morgan fingerprint density at radius 1 is 0.914 bits per heavy atom. The fraction of sp³-hybridized carbons (Fsp3) is 0.300. The van der Waals surface area contributed by atoms with Crippen LogP contribution >= 0.6 is 11.8 Å². The minimum absolute atomic E-state index is 0.0178. The van der Waals surface area contributed by atoms with Crippen molar-refractivity contribution < 1.29 is 13.6 Å². The Labute approximate surface area is 211 Å². The number of fused-ring (bicyclic) bond motifs is 2. The number of hydrogen-bond acceptors (Lipinski definition) is 3. The second kappa shape index (κ2) is 11.3. The van der Waals surface area contributed by atoms with Crippen LogP contribution in [-0.4, -0.2) is 30.3 Å². The predicted octanol–water partition coefficient (Wildman–Crippen LogP) is 7.56. The molecule has 5 rings (SSSR count). The maximum atomic E-state index is 14.6. The van der Waals surface area contributed by atoms with Gasteiger partial charge in [0.25, 0.3) is 0 Å². The van der Waals surface area contributed by atoms with Gasteiger partial charge in [0.15, 0.2) is 5.78 Å². The van der Waals surface area contributed by atoms with Gasteiger partial charge in [-0.2, -0.15) is 0 Å². The van der Waals surface area contributed by atoms with Crippen LogP contribution in [0.5, 0.6) is 0 Å². The van der Waals surface area contributed by atoms with Gasteiger partial charge in [0.2, 0.25) is 0 Å². The molecule has 5 heteroatoms. The lowest BCUT2D eigenvalue weighted by molar-refractivity contribution is 0.0971. The molecular weight excluding hydrogens is 460 g/mol. The Morgan fingerprint density at radius 3 is 2.23 bits per heavy atom. The lowest BCUT2D eigenvalue weighted by atomic mass is 9.84. The van der Waals surface area contributed by atoms with E-state index in [0.717, 1.165) is 44.5 Å². The number of nitrogens with zero attached hydrogens (tertiary/aromatic N) is 1. The van der Waals surface area contributed by atoms with Crippen molar-refractivity contribution in [2.75, 3.05) is 19.6 Å². The maximum absolute atomic E-state index is 14.6. The van der Waals surface area contributed by atoms with Crippen LogP contribution in [0.1, 0.15) is 58.0 Å². The topological polar surface area (TPSA) is 20.3 Å². The summed E-state index contributed by atoms with van der Waals surface area (Å²) < 4.78 is 27.7. The van der Waals surface area contributed by atoms with Crippen molar-refractivity contribution in [3.63, 3.8) is 0 Å². The van der Waals surface area contributed by atoms with Crippen LogP contribution in [0.2, 0.25) is 0 Å². The van der Waals surface area contributed by atoms with Gasteiger partial charge in [-0.05, 0) is 80.4 Å². The number of halogens is 2. The molecule has 0 amide bonds. The Balaban J connectivity index is 0.00000141. The van der Waals surface area contributed by atoms with E-state index in [1.54, 1.807) is 24.3 Å². The molecule has 3 aromatic rings. The van der Waals surface area contributed by atoms with E-state index in [9.17, 15) is 13.6 Å². The van der Waals surface area contributed by atoms with Gasteiger partial charge in [-0.1, -0.05) is 42.5 Å². The Morgan fingerprint density at radius 2 is 1.54 bits per heavy atom. The summed E-state index contributed by atoms with van der Waals surface area (Å²) in [6.45, 7) is 8.82. The number of benzene rings is 3. The van der Waals surface area contributed by atoms with Gasteiger partial charge in [-0.25, -0.2) is 8.78 Å². The van der Waals surface area contributed by atoms with Gasteiger partial charge in [-0.3, -0.25) is 4.79 Å². The molecule has 1 fully saturated rings. The largest absolute Gasteiger partial charge is 0.303 e. The average molecular weight is 492 g/mol. The van der Waals surface area contributed by atoms with Crippen LogP contribution in [0.4, 0.5) is 8.78 Å². The normalized spacial score (nSPS) is 18.5. The summed E-state index contributed by atoms with van der Waals surface area (Å²) in [5.74, 6) is -0.390. The number of thioether (sulfide) groups is 1. The van der Waals surface area contributed by atoms with E-state index in [0.29, 0.717) is 12.0 Å². The van der Waals surface area contributed by atoms with Crippen molar-refractivity contribution in [3.8, 4) is 0 Å². The molecule has 0 aromatic heterocycles. The van der Waals surface area contributed by atoms with E-state index < -0.39 is 0 Å². The fourth-order valence-electron chi connectivity index (χ4n) is 5.18. The fourth-order valence-corrected chi connectivity index (χ4v) is 7.01. The third kappa shape index (κ3) is 5.41. The molecule has 0 N–H and O–H groups in total. The van der Waals surface area contributed by atoms with Crippen LogP contribution in [0.25, 0.3) is 0 Å². The smallest absolute Gasteiger partial charge is 0.162 e. The first-order valence-electron chi connectivity index (χ1n) is 12.1. The quantitative estimate of drug-likeness (QED) is 0.262. The number of carbonyl (C=O) groups excluding carboxylic acids is 1. The molecule has 35 heavy (non-hydrogen) atoms. The van der Waals surface area contributed by atoms with E-state index in [4.69, 9.17) is 0 Å². The van der Waals surface area contributed by atoms with Crippen molar-refractivity contribution in [1.82, 2.24) is 4.90 Å². The molecule has 0 bridgehead atoms. The molecule has 1 spiro atoms. The summed E-state index contributed by atoms with van der Waals surface area (Å²) >= 11 is 1.91. The Kier molecular flexibility index (Phi) is 8.19. The molecule has 1 unspecified atom stereocenters. The molecule has 0 aliphatic carbocycles. The molecule has 2 nitrogen and oxygen atoms in total. The van der Waals surface area contributed by atoms with Crippen LogP contribution in [0, 0.1) is 11.6 Å². The summed E-state index contributed by atoms with van der Waals surface area (Å²) in [5.41, 5.74) is 3.95. The standard InChI is InChI=1S/C28H27F2NOS.C2H4/c29-21-13-11-20(12-14-21)26(32)10-5-17-31-18-15-28(16-19-31)24-8-3-1-6-22(24)27(33-28)23-7-2-4-9-25(23)30;1-2/h1-4,6-9,11-14,27H,5,10,15-19H2;1-2H2.